The highest BCUT2D eigenvalue weighted by atomic mass is 32.2. The number of alkyl halides is 3. The highest BCUT2D eigenvalue weighted by Crippen LogP contribution is 2.37. The molecule has 3 aromatic rings. The number of rotatable bonds is 5. The van der Waals surface area contributed by atoms with Gasteiger partial charge in [0, 0.05) is 18.2 Å². The molecule has 150 valence electrons. The summed E-state index contributed by atoms with van der Waals surface area (Å²) in [5.41, 5.74) is -1.07. The van der Waals surface area contributed by atoms with Gasteiger partial charge in [-0.1, -0.05) is 30.3 Å². The fraction of sp³-hybridized carbons (Fsp3) is 0.167. The summed E-state index contributed by atoms with van der Waals surface area (Å²) in [7, 11) is -3.52. The minimum atomic E-state index is -4.83. The number of sulfone groups is 1. The van der Waals surface area contributed by atoms with E-state index < -0.39 is 27.3 Å². The van der Waals surface area contributed by atoms with E-state index in [1.165, 1.54) is 12.1 Å². The van der Waals surface area contributed by atoms with Gasteiger partial charge in [-0.15, -0.1) is 11.8 Å². The van der Waals surface area contributed by atoms with Crippen molar-refractivity contribution in [1.82, 2.24) is 14.8 Å². The predicted octanol–water partition coefficient (Wildman–Crippen LogP) is 3.85. The molecule has 0 saturated carbocycles. The highest BCUT2D eigenvalue weighted by Gasteiger charge is 2.40. The van der Waals surface area contributed by atoms with E-state index >= 15 is 0 Å². The van der Waals surface area contributed by atoms with Gasteiger partial charge in [0.1, 0.15) is 16.7 Å². The first-order valence-corrected chi connectivity index (χ1v) is 10.9. The van der Waals surface area contributed by atoms with Crippen LogP contribution in [0.25, 0.3) is 5.82 Å². The van der Waals surface area contributed by atoms with E-state index in [4.69, 9.17) is 0 Å². The molecule has 0 aliphatic heterocycles. The van der Waals surface area contributed by atoms with E-state index in [0.717, 1.165) is 34.5 Å². The SMILES string of the molecule is CS(=O)(=O)c1ccc(-n2nc(C(F)(F)F)c(C#N)c2SCc2ccccc2)nc1. The Kier molecular flexibility index (Phi) is 5.68. The van der Waals surface area contributed by atoms with Crippen LogP contribution in [0.2, 0.25) is 0 Å². The molecule has 6 nitrogen and oxygen atoms in total. The monoisotopic (exact) mass is 438 g/mol. The minimum Gasteiger partial charge on any atom is -0.236 e. The van der Waals surface area contributed by atoms with Gasteiger partial charge in [0.15, 0.2) is 21.3 Å². The Morgan fingerprint density at radius 3 is 2.38 bits per heavy atom. The van der Waals surface area contributed by atoms with Gasteiger partial charge in [0.2, 0.25) is 0 Å². The molecule has 29 heavy (non-hydrogen) atoms. The Balaban J connectivity index is 2.09. The van der Waals surface area contributed by atoms with E-state index in [1.807, 2.05) is 18.2 Å². The minimum absolute atomic E-state index is 0.0247. The molecule has 0 spiro atoms. The van der Waals surface area contributed by atoms with E-state index in [-0.39, 0.29) is 15.7 Å². The third kappa shape index (κ3) is 4.60. The molecule has 0 aliphatic rings. The topological polar surface area (TPSA) is 88.6 Å². The van der Waals surface area contributed by atoms with Crippen molar-refractivity contribution in [3.63, 3.8) is 0 Å². The van der Waals surface area contributed by atoms with Gasteiger partial charge in [-0.05, 0) is 17.7 Å². The van der Waals surface area contributed by atoms with E-state index in [0.29, 0.717) is 5.75 Å². The maximum absolute atomic E-state index is 13.4. The van der Waals surface area contributed by atoms with Crippen LogP contribution in [-0.2, 0) is 21.8 Å². The van der Waals surface area contributed by atoms with Crippen LogP contribution in [0.15, 0.2) is 58.6 Å². The van der Waals surface area contributed by atoms with Gasteiger partial charge in [-0.25, -0.2) is 18.1 Å². The lowest BCUT2D eigenvalue weighted by Gasteiger charge is -2.07. The van der Waals surface area contributed by atoms with Crippen molar-refractivity contribution in [3.8, 4) is 11.9 Å². The summed E-state index contributed by atoms with van der Waals surface area (Å²) in [6, 6.07) is 13.1. The molecule has 11 heteroatoms. The standard InChI is InChI=1S/C18H13F3N4O2S2/c1-29(26,27)13-7-8-15(23-10-13)25-17(28-11-12-5-3-2-4-6-12)14(9-22)16(24-25)18(19,20)21/h2-8,10H,11H2,1H3. The van der Waals surface area contributed by atoms with Crippen molar-refractivity contribution in [3.05, 3.63) is 65.5 Å². The summed E-state index contributed by atoms with van der Waals surface area (Å²) >= 11 is 1.01. The Hall–Kier alpha value is -2.84. The summed E-state index contributed by atoms with van der Waals surface area (Å²) < 4.78 is 64.3. The van der Waals surface area contributed by atoms with Crippen LogP contribution in [0, 0.1) is 11.3 Å². The van der Waals surface area contributed by atoms with Crippen molar-refractivity contribution in [2.75, 3.05) is 6.26 Å². The maximum atomic E-state index is 13.4. The Labute approximate surface area is 168 Å². The molecule has 2 heterocycles. The molecule has 0 bridgehead atoms. The maximum Gasteiger partial charge on any atom is 0.436 e. The van der Waals surface area contributed by atoms with Crippen LogP contribution < -0.4 is 0 Å². The van der Waals surface area contributed by atoms with Gasteiger partial charge in [0.25, 0.3) is 0 Å². The summed E-state index contributed by atoms with van der Waals surface area (Å²) in [4.78, 5) is 3.85. The molecular weight excluding hydrogens is 425 g/mol. The number of hydrogen-bond donors (Lipinski definition) is 0. The van der Waals surface area contributed by atoms with Crippen LogP contribution in [-0.4, -0.2) is 29.4 Å². The zero-order chi connectivity index (χ0) is 21.2. The van der Waals surface area contributed by atoms with Crippen molar-refractivity contribution < 1.29 is 21.6 Å². The molecule has 0 atom stereocenters. The third-order valence-electron chi connectivity index (χ3n) is 3.81. The Morgan fingerprint density at radius 1 is 1.17 bits per heavy atom. The first-order chi connectivity index (χ1) is 13.6. The second-order valence-corrected chi connectivity index (χ2v) is 8.93. The second-order valence-electron chi connectivity index (χ2n) is 5.95. The van der Waals surface area contributed by atoms with E-state index in [2.05, 4.69) is 10.1 Å². The van der Waals surface area contributed by atoms with Gasteiger partial charge in [-0.3, -0.25) is 0 Å². The molecule has 0 aliphatic carbocycles. The normalized spacial score (nSPS) is 12.0. The summed E-state index contributed by atoms with van der Waals surface area (Å²) in [5, 5.41) is 12.9. The molecule has 0 radical (unpaired) electrons. The van der Waals surface area contributed by atoms with Gasteiger partial charge in [-0.2, -0.15) is 23.5 Å². The molecule has 1 aromatic carbocycles. The molecule has 3 rings (SSSR count). The molecular formula is C18H13F3N4O2S2. The number of aromatic nitrogens is 3. The van der Waals surface area contributed by atoms with Crippen LogP contribution in [0.5, 0.6) is 0 Å². The first-order valence-electron chi connectivity index (χ1n) is 8.05. The summed E-state index contributed by atoms with van der Waals surface area (Å²) in [6.07, 6.45) is -2.79. The largest absolute Gasteiger partial charge is 0.436 e. The molecule has 0 unspecified atom stereocenters. The van der Waals surface area contributed by atoms with Gasteiger partial charge >= 0.3 is 6.18 Å². The lowest BCUT2D eigenvalue weighted by atomic mass is 10.2. The smallest absolute Gasteiger partial charge is 0.236 e. The Bertz CT molecular complexity index is 1170. The Morgan fingerprint density at radius 2 is 1.86 bits per heavy atom. The lowest BCUT2D eigenvalue weighted by molar-refractivity contribution is -0.141. The first kappa shape index (κ1) is 20.9. The number of pyridine rings is 1. The predicted molar refractivity (Wildman–Crippen MR) is 100 cm³/mol. The number of hydrogen-bond acceptors (Lipinski definition) is 6. The molecule has 0 amide bonds. The van der Waals surface area contributed by atoms with Gasteiger partial charge < -0.3 is 0 Å². The zero-order valence-electron chi connectivity index (χ0n) is 14.9. The van der Waals surface area contributed by atoms with E-state index in [1.54, 1.807) is 18.2 Å². The summed E-state index contributed by atoms with van der Waals surface area (Å²) in [5.74, 6) is 0.278. The average molecular weight is 438 g/mol. The number of thioether (sulfide) groups is 1. The molecule has 0 N–H and O–H groups in total. The van der Waals surface area contributed by atoms with Crippen molar-refractivity contribution in [1.29, 1.82) is 5.26 Å². The average Bonchev–Trinajstić information content (AvgIpc) is 3.05. The number of halogens is 3. The number of nitrogens with zero attached hydrogens (tertiary/aromatic N) is 4. The third-order valence-corrected chi connectivity index (χ3v) is 6.03. The summed E-state index contributed by atoms with van der Waals surface area (Å²) in [6.45, 7) is 0. The van der Waals surface area contributed by atoms with Gasteiger partial charge in [0.05, 0.1) is 4.90 Å². The fourth-order valence-electron chi connectivity index (χ4n) is 2.43. The molecule has 2 aromatic heterocycles. The second kappa shape index (κ2) is 7.88. The van der Waals surface area contributed by atoms with E-state index in [9.17, 15) is 26.9 Å². The fourth-order valence-corrected chi connectivity index (χ4v) is 4.03. The van der Waals surface area contributed by atoms with Crippen LogP contribution >= 0.6 is 11.8 Å². The number of benzene rings is 1. The lowest BCUT2D eigenvalue weighted by Crippen LogP contribution is -2.09. The highest BCUT2D eigenvalue weighted by molar-refractivity contribution is 7.98. The van der Waals surface area contributed by atoms with Crippen LogP contribution in [0.4, 0.5) is 13.2 Å². The molecule has 0 saturated heterocycles. The van der Waals surface area contributed by atoms with Crippen LogP contribution in [0.3, 0.4) is 0 Å². The zero-order valence-corrected chi connectivity index (χ0v) is 16.5. The quantitative estimate of drug-likeness (QED) is 0.562. The van der Waals surface area contributed by atoms with Crippen molar-refractivity contribution in [2.24, 2.45) is 0 Å². The number of nitriles is 1. The van der Waals surface area contributed by atoms with Crippen LogP contribution in [0.1, 0.15) is 16.8 Å². The van der Waals surface area contributed by atoms with Crippen molar-refractivity contribution in [2.45, 2.75) is 21.9 Å². The van der Waals surface area contributed by atoms with Crippen molar-refractivity contribution >= 4 is 21.6 Å². The molecule has 0 fully saturated rings.